The third-order valence-electron chi connectivity index (χ3n) is 3.77. The lowest BCUT2D eigenvalue weighted by Crippen LogP contribution is -2.22. The molecule has 0 heterocycles. The number of carbonyl (C=O) groups is 1. The standard InChI is InChI=1S/C21H18ClNOS/c1-15(25-18-13-11-17(22)12-14-18)21(24)23-20-10-6-5-9-19(20)16-7-3-2-4-8-16/h2-15H,1H3,(H,23,24)/t15-/m1/s1. The van der Waals surface area contributed by atoms with Crippen molar-refractivity contribution in [2.24, 2.45) is 0 Å². The van der Waals surface area contributed by atoms with Gasteiger partial charge in [-0.05, 0) is 42.8 Å². The summed E-state index contributed by atoms with van der Waals surface area (Å²) in [5.41, 5.74) is 2.92. The molecule has 3 rings (SSSR count). The van der Waals surface area contributed by atoms with Gasteiger partial charge < -0.3 is 5.32 Å². The van der Waals surface area contributed by atoms with Crippen molar-refractivity contribution in [3.63, 3.8) is 0 Å². The van der Waals surface area contributed by atoms with Crippen molar-refractivity contribution in [3.8, 4) is 11.1 Å². The summed E-state index contributed by atoms with van der Waals surface area (Å²) in [7, 11) is 0. The van der Waals surface area contributed by atoms with Crippen molar-refractivity contribution in [1.82, 2.24) is 0 Å². The fraction of sp³-hybridized carbons (Fsp3) is 0.0952. The highest BCUT2D eigenvalue weighted by Crippen LogP contribution is 2.29. The van der Waals surface area contributed by atoms with E-state index in [9.17, 15) is 4.79 Å². The molecule has 0 aromatic heterocycles. The van der Waals surface area contributed by atoms with Crippen LogP contribution in [0.25, 0.3) is 11.1 Å². The summed E-state index contributed by atoms with van der Waals surface area (Å²) >= 11 is 7.42. The van der Waals surface area contributed by atoms with Crippen molar-refractivity contribution in [1.29, 1.82) is 0 Å². The zero-order chi connectivity index (χ0) is 17.6. The molecular formula is C21H18ClNOS. The third kappa shape index (κ3) is 4.65. The van der Waals surface area contributed by atoms with Gasteiger partial charge in [0.1, 0.15) is 0 Å². The van der Waals surface area contributed by atoms with Crippen LogP contribution in [0, 0.1) is 0 Å². The Bertz CT molecular complexity index is 849. The molecule has 25 heavy (non-hydrogen) atoms. The Morgan fingerprint density at radius 3 is 2.28 bits per heavy atom. The second kappa shape index (κ2) is 8.24. The molecule has 4 heteroatoms. The number of para-hydroxylation sites is 1. The van der Waals surface area contributed by atoms with Crippen LogP contribution in [0.5, 0.6) is 0 Å². The Morgan fingerprint density at radius 1 is 0.920 bits per heavy atom. The average Bonchev–Trinajstić information content (AvgIpc) is 2.64. The van der Waals surface area contributed by atoms with Crippen LogP contribution in [0.3, 0.4) is 0 Å². The Morgan fingerprint density at radius 2 is 1.56 bits per heavy atom. The maximum absolute atomic E-state index is 12.6. The highest BCUT2D eigenvalue weighted by Gasteiger charge is 2.16. The predicted molar refractivity (Wildman–Crippen MR) is 107 cm³/mol. The molecule has 0 spiro atoms. The number of amides is 1. The highest BCUT2D eigenvalue weighted by atomic mass is 35.5. The number of benzene rings is 3. The Balaban J connectivity index is 1.74. The number of thioether (sulfide) groups is 1. The summed E-state index contributed by atoms with van der Waals surface area (Å²) < 4.78 is 0. The molecule has 126 valence electrons. The van der Waals surface area contributed by atoms with Crippen LogP contribution < -0.4 is 5.32 Å². The maximum atomic E-state index is 12.6. The topological polar surface area (TPSA) is 29.1 Å². The molecule has 0 radical (unpaired) electrons. The summed E-state index contributed by atoms with van der Waals surface area (Å²) in [6.45, 7) is 1.90. The van der Waals surface area contributed by atoms with Crippen LogP contribution in [-0.4, -0.2) is 11.2 Å². The van der Waals surface area contributed by atoms with E-state index in [-0.39, 0.29) is 11.2 Å². The van der Waals surface area contributed by atoms with Gasteiger partial charge in [0, 0.05) is 21.2 Å². The number of hydrogen-bond donors (Lipinski definition) is 1. The van der Waals surface area contributed by atoms with Gasteiger partial charge in [-0.25, -0.2) is 0 Å². The first-order valence-electron chi connectivity index (χ1n) is 8.01. The van der Waals surface area contributed by atoms with Gasteiger partial charge in [0.15, 0.2) is 0 Å². The molecule has 0 fully saturated rings. The molecule has 0 saturated heterocycles. The largest absolute Gasteiger partial charge is 0.325 e. The van der Waals surface area contributed by atoms with Crippen LogP contribution in [0.1, 0.15) is 6.92 Å². The van der Waals surface area contributed by atoms with Gasteiger partial charge in [0.2, 0.25) is 5.91 Å². The van der Waals surface area contributed by atoms with Crippen molar-refractivity contribution in [2.45, 2.75) is 17.1 Å². The Hall–Kier alpha value is -2.23. The van der Waals surface area contributed by atoms with E-state index in [0.717, 1.165) is 21.7 Å². The second-order valence-electron chi connectivity index (χ2n) is 5.61. The van der Waals surface area contributed by atoms with Crippen molar-refractivity contribution in [2.75, 3.05) is 5.32 Å². The lowest BCUT2D eigenvalue weighted by atomic mass is 10.0. The third-order valence-corrected chi connectivity index (χ3v) is 5.13. The number of halogens is 1. The predicted octanol–water partition coefficient (Wildman–Crippen LogP) is 6.13. The van der Waals surface area contributed by atoms with Crippen molar-refractivity contribution < 1.29 is 4.79 Å². The zero-order valence-electron chi connectivity index (χ0n) is 13.8. The summed E-state index contributed by atoms with van der Waals surface area (Å²) in [5, 5.41) is 3.53. The van der Waals surface area contributed by atoms with E-state index in [1.165, 1.54) is 11.8 Å². The van der Waals surface area contributed by atoms with E-state index >= 15 is 0 Å². The fourth-order valence-corrected chi connectivity index (χ4v) is 3.46. The van der Waals surface area contributed by atoms with Gasteiger partial charge in [-0.3, -0.25) is 4.79 Å². The van der Waals surface area contributed by atoms with Gasteiger partial charge in [0.25, 0.3) is 0 Å². The number of carbonyl (C=O) groups excluding carboxylic acids is 1. The number of rotatable bonds is 5. The first kappa shape index (κ1) is 17.6. The molecule has 1 N–H and O–H groups in total. The monoisotopic (exact) mass is 367 g/mol. The maximum Gasteiger partial charge on any atom is 0.237 e. The first-order chi connectivity index (χ1) is 12.1. The van der Waals surface area contributed by atoms with Crippen LogP contribution >= 0.6 is 23.4 Å². The number of nitrogens with one attached hydrogen (secondary N) is 1. The van der Waals surface area contributed by atoms with Gasteiger partial charge in [-0.2, -0.15) is 0 Å². The smallest absolute Gasteiger partial charge is 0.237 e. The van der Waals surface area contributed by atoms with E-state index < -0.39 is 0 Å². The van der Waals surface area contributed by atoms with Gasteiger partial charge in [-0.15, -0.1) is 11.8 Å². The minimum absolute atomic E-state index is 0.0247. The fourth-order valence-electron chi connectivity index (χ4n) is 2.47. The van der Waals surface area contributed by atoms with E-state index in [1.54, 1.807) is 0 Å². The number of hydrogen-bond acceptors (Lipinski definition) is 2. The molecule has 0 unspecified atom stereocenters. The van der Waals surface area contributed by atoms with Crippen LogP contribution in [0.2, 0.25) is 5.02 Å². The molecule has 3 aromatic carbocycles. The molecule has 2 nitrogen and oxygen atoms in total. The Kier molecular flexibility index (Phi) is 5.79. The minimum Gasteiger partial charge on any atom is -0.325 e. The molecule has 0 saturated carbocycles. The van der Waals surface area contributed by atoms with Gasteiger partial charge in [0.05, 0.1) is 5.25 Å². The van der Waals surface area contributed by atoms with E-state index in [0.29, 0.717) is 5.02 Å². The normalized spacial score (nSPS) is 11.8. The number of anilines is 1. The SMILES string of the molecule is C[C@@H](Sc1ccc(Cl)cc1)C(=O)Nc1ccccc1-c1ccccc1. The summed E-state index contributed by atoms with van der Waals surface area (Å²) in [6, 6.07) is 25.4. The summed E-state index contributed by atoms with van der Waals surface area (Å²) in [5.74, 6) is -0.0247. The molecule has 0 aliphatic rings. The lowest BCUT2D eigenvalue weighted by Gasteiger charge is -2.15. The molecule has 0 aliphatic heterocycles. The minimum atomic E-state index is -0.218. The summed E-state index contributed by atoms with van der Waals surface area (Å²) in [4.78, 5) is 13.6. The molecule has 0 bridgehead atoms. The zero-order valence-corrected chi connectivity index (χ0v) is 15.3. The van der Waals surface area contributed by atoms with E-state index in [1.807, 2.05) is 85.8 Å². The van der Waals surface area contributed by atoms with Crippen LogP contribution in [-0.2, 0) is 4.79 Å². The van der Waals surface area contributed by atoms with Crippen LogP contribution in [0.4, 0.5) is 5.69 Å². The van der Waals surface area contributed by atoms with E-state index in [2.05, 4.69) is 5.32 Å². The lowest BCUT2D eigenvalue weighted by molar-refractivity contribution is -0.115. The van der Waals surface area contributed by atoms with Gasteiger partial charge in [-0.1, -0.05) is 60.1 Å². The van der Waals surface area contributed by atoms with Crippen LogP contribution in [0.15, 0.2) is 83.8 Å². The van der Waals surface area contributed by atoms with E-state index in [4.69, 9.17) is 11.6 Å². The first-order valence-corrected chi connectivity index (χ1v) is 9.27. The molecule has 1 amide bonds. The quantitative estimate of drug-likeness (QED) is 0.550. The molecule has 1 atom stereocenters. The van der Waals surface area contributed by atoms with Gasteiger partial charge >= 0.3 is 0 Å². The molecule has 3 aromatic rings. The van der Waals surface area contributed by atoms with Crippen molar-refractivity contribution >= 4 is 35.0 Å². The molecular weight excluding hydrogens is 350 g/mol. The van der Waals surface area contributed by atoms with Crippen molar-refractivity contribution in [3.05, 3.63) is 83.9 Å². The Labute approximate surface area is 157 Å². The highest BCUT2D eigenvalue weighted by molar-refractivity contribution is 8.00. The summed E-state index contributed by atoms with van der Waals surface area (Å²) in [6.07, 6.45) is 0. The molecule has 0 aliphatic carbocycles. The average molecular weight is 368 g/mol. The second-order valence-corrected chi connectivity index (χ2v) is 7.47.